The Labute approximate surface area is 151 Å². The fourth-order valence-corrected chi connectivity index (χ4v) is 2.77. The van der Waals surface area contributed by atoms with Gasteiger partial charge in [0.25, 0.3) is 0 Å². The predicted molar refractivity (Wildman–Crippen MR) is 100 cm³/mol. The van der Waals surface area contributed by atoms with Crippen LogP contribution in [0.5, 0.6) is 0 Å². The lowest BCUT2D eigenvalue weighted by molar-refractivity contribution is 0.0969. The van der Waals surface area contributed by atoms with Crippen LogP contribution in [0.2, 0.25) is 10.0 Å². The Balaban J connectivity index is 1.96. The molecule has 1 unspecified atom stereocenters. The molecule has 0 aliphatic heterocycles. The number of anilines is 1. The van der Waals surface area contributed by atoms with Crippen LogP contribution in [-0.4, -0.2) is 5.78 Å². The number of hydrogen-bond donors (Lipinski definition) is 1. The maximum atomic E-state index is 13.0. The molecule has 2 nitrogen and oxygen atoms in total. The zero-order valence-corrected chi connectivity index (χ0v) is 14.3. The van der Waals surface area contributed by atoms with Crippen LogP contribution in [0.3, 0.4) is 0 Å². The SMILES string of the molecule is O=C(c1ccccc1)C(Nc1ccc(Cl)c(Cl)c1)c1ccccc1. The standard InChI is InChI=1S/C20H15Cl2NO/c21-17-12-11-16(13-18(17)22)23-19(14-7-3-1-4-8-14)20(24)15-9-5-2-6-10-15/h1-13,19,23H. The van der Waals surface area contributed by atoms with Crippen molar-refractivity contribution in [2.24, 2.45) is 0 Å². The van der Waals surface area contributed by atoms with Crippen molar-refractivity contribution in [3.63, 3.8) is 0 Å². The van der Waals surface area contributed by atoms with Gasteiger partial charge in [0, 0.05) is 11.3 Å². The predicted octanol–water partition coefficient (Wildman–Crippen LogP) is 6.03. The first-order valence-electron chi connectivity index (χ1n) is 7.51. The van der Waals surface area contributed by atoms with Gasteiger partial charge in [-0.1, -0.05) is 83.9 Å². The molecular weight excluding hydrogens is 341 g/mol. The Kier molecular flexibility index (Phi) is 5.19. The minimum Gasteiger partial charge on any atom is -0.371 e. The van der Waals surface area contributed by atoms with Crippen molar-refractivity contribution in [2.45, 2.75) is 6.04 Å². The van der Waals surface area contributed by atoms with Crippen molar-refractivity contribution in [1.82, 2.24) is 0 Å². The molecule has 4 heteroatoms. The van der Waals surface area contributed by atoms with Crippen LogP contribution in [-0.2, 0) is 0 Å². The van der Waals surface area contributed by atoms with Gasteiger partial charge in [-0.05, 0) is 23.8 Å². The molecule has 1 N–H and O–H groups in total. The third-order valence-electron chi connectivity index (χ3n) is 3.68. The monoisotopic (exact) mass is 355 g/mol. The van der Waals surface area contributed by atoms with E-state index in [4.69, 9.17) is 23.2 Å². The maximum absolute atomic E-state index is 13.0. The lowest BCUT2D eigenvalue weighted by Gasteiger charge is -2.20. The number of Topliss-reactive ketones (excluding diaryl/α,β-unsaturated/α-hetero) is 1. The van der Waals surface area contributed by atoms with Crippen LogP contribution in [0.4, 0.5) is 5.69 Å². The summed E-state index contributed by atoms with van der Waals surface area (Å²) in [7, 11) is 0. The summed E-state index contributed by atoms with van der Waals surface area (Å²) in [4.78, 5) is 13.0. The summed E-state index contributed by atoms with van der Waals surface area (Å²) in [5.41, 5.74) is 2.28. The summed E-state index contributed by atoms with van der Waals surface area (Å²) in [6.45, 7) is 0. The molecule has 24 heavy (non-hydrogen) atoms. The molecule has 0 aliphatic carbocycles. The zero-order valence-electron chi connectivity index (χ0n) is 12.7. The molecule has 0 aliphatic rings. The van der Waals surface area contributed by atoms with Gasteiger partial charge in [-0.25, -0.2) is 0 Å². The number of nitrogens with one attached hydrogen (secondary N) is 1. The van der Waals surface area contributed by atoms with E-state index in [0.29, 0.717) is 15.6 Å². The average Bonchev–Trinajstić information content (AvgIpc) is 2.63. The van der Waals surface area contributed by atoms with Gasteiger partial charge < -0.3 is 5.32 Å². The van der Waals surface area contributed by atoms with Crippen molar-refractivity contribution in [2.75, 3.05) is 5.32 Å². The quantitative estimate of drug-likeness (QED) is 0.566. The van der Waals surface area contributed by atoms with Crippen LogP contribution in [0, 0.1) is 0 Å². The lowest BCUT2D eigenvalue weighted by Crippen LogP contribution is -2.21. The molecule has 3 aromatic rings. The molecule has 120 valence electrons. The van der Waals surface area contributed by atoms with E-state index < -0.39 is 6.04 Å². The molecule has 0 spiro atoms. The highest BCUT2D eigenvalue weighted by atomic mass is 35.5. The molecule has 0 bridgehead atoms. The number of ketones is 1. The van der Waals surface area contributed by atoms with Crippen LogP contribution < -0.4 is 5.32 Å². The van der Waals surface area contributed by atoms with E-state index in [-0.39, 0.29) is 5.78 Å². The molecular formula is C20H15Cl2NO. The fraction of sp³-hybridized carbons (Fsp3) is 0.0500. The van der Waals surface area contributed by atoms with E-state index in [0.717, 1.165) is 11.3 Å². The Bertz CT molecular complexity index is 835. The second-order valence-electron chi connectivity index (χ2n) is 5.35. The molecule has 0 radical (unpaired) electrons. The molecule has 0 fully saturated rings. The topological polar surface area (TPSA) is 29.1 Å². The van der Waals surface area contributed by atoms with Gasteiger partial charge in [-0.2, -0.15) is 0 Å². The van der Waals surface area contributed by atoms with Crippen LogP contribution in [0.25, 0.3) is 0 Å². The van der Waals surface area contributed by atoms with Crippen LogP contribution in [0.1, 0.15) is 22.0 Å². The molecule has 3 rings (SSSR count). The first kappa shape index (κ1) is 16.6. The second-order valence-corrected chi connectivity index (χ2v) is 6.16. The van der Waals surface area contributed by atoms with Gasteiger partial charge in [-0.3, -0.25) is 4.79 Å². The summed E-state index contributed by atoms with van der Waals surface area (Å²) in [6, 6.07) is 23.6. The summed E-state index contributed by atoms with van der Waals surface area (Å²) in [6.07, 6.45) is 0. The van der Waals surface area contributed by atoms with Crippen molar-refractivity contribution in [3.8, 4) is 0 Å². The third-order valence-corrected chi connectivity index (χ3v) is 4.42. The molecule has 0 aromatic heterocycles. The van der Waals surface area contributed by atoms with Gasteiger partial charge in [0.05, 0.1) is 10.0 Å². The van der Waals surface area contributed by atoms with Gasteiger partial charge in [0.2, 0.25) is 0 Å². The van der Waals surface area contributed by atoms with E-state index in [9.17, 15) is 4.79 Å². The highest BCUT2D eigenvalue weighted by Crippen LogP contribution is 2.29. The number of halogens is 2. The van der Waals surface area contributed by atoms with Crippen molar-refractivity contribution < 1.29 is 4.79 Å². The van der Waals surface area contributed by atoms with Gasteiger partial charge in [0.1, 0.15) is 6.04 Å². The number of hydrogen-bond acceptors (Lipinski definition) is 2. The first-order valence-corrected chi connectivity index (χ1v) is 8.26. The Morgan fingerprint density at radius 3 is 2.04 bits per heavy atom. The smallest absolute Gasteiger partial charge is 0.189 e. The Hall–Kier alpha value is -2.29. The van der Waals surface area contributed by atoms with E-state index >= 15 is 0 Å². The van der Waals surface area contributed by atoms with E-state index in [1.165, 1.54) is 0 Å². The Morgan fingerprint density at radius 1 is 0.792 bits per heavy atom. The normalized spacial score (nSPS) is 11.8. The van der Waals surface area contributed by atoms with Gasteiger partial charge >= 0.3 is 0 Å². The maximum Gasteiger partial charge on any atom is 0.189 e. The average molecular weight is 356 g/mol. The van der Waals surface area contributed by atoms with Gasteiger partial charge in [-0.15, -0.1) is 0 Å². The summed E-state index contributed by atoms with van der Waals surface area (Å²) in [5.74, 6) is -0.00660. The van der Waals surface area contributed by atoms with Crippen molar-refractivity contribution in [1.29, 1.82) is 0 Å². The minimum atomic E-state index is -0.508. The Morgan fingerprint density at radius 2 is 1.42 bits per heavy atom. The van der Waals surface area contributed by atoms with Gasteiger partial charge in [0.15, 0.2) is 5.78 Å². The van der Waals surface area contributed by atoms with Crippen LogP contribution >= 0.6 is 23.2 Å². The highest BCUT2D eigenvalue weighted by molar-refractivity contribution is 6.42. The summed E-state index contributed by atoms with van der Waals surface area (Å²) < 4.78 is 0. The van der Waals surface area contributed by atoms with Crippen molar-refractivity contribution in [3.05, 3.63) is 100 Å². The first-order chi connectivity index (χ1) is 11.6. The molecule has 3 aromatic carbocycles. The number of benzene rings is 3. The molecule has 0 saturated heterocycles. The van der Waals surface area contributed by atoms with E-state index in [1.54, 1.807) is 12.1 Å². The lowest BCUT2D eigenvalue weighted by atomic mass is 9.97. The highest BCUT2D eigenvalue weighted by Gasteiger charge is 2.22. The van der Waals surface area contributed by atoms with E-state index in [1.807, 2.05) is 66.7 Å². The molecule has 0 heterocycles. The van der Waals surface area contributed by atoms with Crippen molar-refractivity contribution >= 4 is 34.7 Å². The van der Waals surface area contributed by atoms with E-state index in [2.05, 4.69) is 5.32 Å². The minimum absolute atomic E-state index is 0.00660. The summed E-state index contributed by atoms with van der Waals surface area (Å²) >= 11 is 12.0. The second kappa shape index (κ2) is 7.52. The third kappa shape index (κ3) is 3.78. The summed E-state index contributed by atoms with van der Waals surface area (Å²) in [5, 5.41) is 4.19. The number of carbonyl (C=O) groups is 1. The number of rotatable bonds is 5. The molecule has 1 atom stereocenters. The number of carbonyl (C=O) groups excluding carboxylic acids is 1. The zero-order chi connectivity index (χ0) is 16.9. The largest absolute Gasteiger partial charge is 0.371 e. The van der Waals surface area contributed by atoms with Crippen LogP contribution in [0.15, 0.2) is 78.9 Å². The molecule has 0 saturated carbocycles. The molecule has 0 amide bonds. The fourth-order valence-electron chi connectivity index (χ4n) is 2.47.